The van der Waals surface area contributed by atoms with Crippen LogP contribution in [0.15, 0.2) is 66.7 Å². The average molecular weight is 397 g/mol. The Hall–Kier alpha value is -3.18. The molecule has 0 aliphatic heterocycles. The zero-order valence-electron chi connectivity index (χ0n) is 15.8. The summed E-state index contributed by atoms with van der Waals surface area (Å²) in [5.74, 6) is 3.51. The summed E-state index contributed by atoms with van der Waals surface area (Å²) in [6, 6.07) is 14.8. The van der Waals surface area contributed by atoms with E-state index in [2.05, 4.69) is 11.7 Å². The van der Waals surface area contributed by atoms with Gasteiger partial charge in [0, 0.05) is 12.6 Å². The third-order valence-corrected chi connectivity index (χ3v) is 4.13. The smallest absolute Gasteiger partial charge is 0.225 e. The number of aromatic nitrogens is 2. The van der Waals surface area contributed by atoms with E-state index in [0.717, 1.165) is 17.0 Å². The van der Waals surface area contributed by atoms with E-state index in [1.54, 1.807) is 16.8 Å². The monoisotopic (exact) mass is 396 g/mol. The molecule has 0 aliphatic rings. The van der Waals surface area contributed by atoms with Crippen LogP contribution in [-0.2, 0) is 7.05 Å². The fourth-order valence-corrected chi connectivity index (χ4v) is 2.69. The second-order valence-electron chi connectivity index (χ2n) is 5.95. The maximum Gasteiger partial charge on any atom is 0.225 e. The van der Waals surface area contributed by atoms with Crippen molar-refractivity contribution in [1.82, 2.24) is 9.78 Å². The summed E-state index contributed by atoms with van der Waals surface area (Å²) >= 11 is 5.47. The summed E-state index contributed by atoms with van der Waals surface area (Å²) in [6.45, 7) is 6.17. The lowest BCUT2D eigenvalue weighted by molar-refractivity contribution is 0.362. The van der Waals surface area contributed by atoms with E-state index in [9.17, 15) is 0 Å². The topological polar surface area (TPSA) is 45.5 Å². The maximum absolute atomic E-state index is 5.96. The first-order valence-corrected chi connectivity index (χ1v) is 9.14. The number of hydrogen-bond donors (Lipinski definition) is 0. The first-order chi connectivity index (χ1) is 13.6. The van der Waals surface area contributed by atoms with Crippen molar-refractivity contribution < 1.29 is 14.2 Å². The van der Waals surface area contributed by atoms with Gasteiger partial charge in [0.15, 0.2) is 0 Å². The van der Waals surface area contributed by atoms with Crippen molar-refractivity contribution in [3.63, 3.8) is 0 Å². The molecule has 28 heavy (non-hydrogen) atoms. The highest BCUT2D eigenvalue weighted by Crippen LogP contribution is 2.30. The average Bonchev–Trinajstić information content (AvgIpc) is 2.97. The van der Waals surface area contributed by atoms with Crippen molar-refractivity contribution in [1.29, 1.82) is 0 Å². The van der Waals surface area contributed by atoms with Crippen LogP contribution in [0, 0.1) is 6.92 Å². The minimum Gasteiger partial charge on any atom is -0.489 e. The fraction of sp³-hybridized carbons (Fsp3) is 0.136. The molecule has 2 aromatic carbocycles. The number of halogens is 1. The minimum absolute atomic E-state index is 0.426. The van der Waals surface area contributed by atoms with E-state index >= 15 is 0 Å². The molecule has 5 nitrogen and oxygen atoms in total. The van der Waals surface area contributed by atoms with Crippen LogP contribution >= 0.6 is 11.6 Å². The van der Waals surface area contributed by atoms with Crippen LogP contribution in [0.1, 0.15) is 11.3 Å². The molecule has 0 aliphatic carbocycles. The van der Waals surface area contributed by atoms with E-state index in [1.807, 2.05) is 62.5 Å². The van der Waals surface area contributed by atoms with Gasteiger partial charge in [0.2, 0.25) is 5.88 Å². The van der Waals surface area contributed by atoms with Gasteiger partial charge in [-0.3, -0.25) is 0 Å². The summed E-state index contributed by atoms with van der Waals surface area (Å²) in [5, 5.41) is 4.36. The molecular weight excluding hydrogens is 376 g/mol. The number of benzene rings is 2. The normalized spacial score (nSPS) is 10.8. The number of rotatable bonds is 8. The van der Waals surface area contributed by atoms with Gasteiger partial charge < -0.3 is 14.2 Å². The van der Waals surface area contributed by atoms with Gasteiger partial charge in [-0.05, 0) is 61.5 Å². The first-order valence-electron chi connectivity index (χ1n) is 8.70. The summed E-state index contributed by atoms with van der Waals surface area (Å²) in [7, 11) is 1.84. The molecule has 0 saturated carbocycles. The lowest BCUT2D eigenvalue weighted by Crippen LogP contribution is -1.96. The van der Waals surface area contributed by atoms with Crippen LogP contribution in [0.4, 0.5) is 0 Å². The predicted octanol–water partition coefficient (Wildman–Crippen LogP) is 6.09. The summed E-state index contributed by atoms with van der Waals surface area (Å²) in [6.07, 6.45) is 3.47. The van der Waals surface area contributed by atoms with Gasteiger partial charge in [0.1, 0.15) is 29.6 Å². The van der Waals surface area contributed by atoms with Crippen molar-refractivity contribution in [2.45, 2.75) is 6.92 Å². The van der Waals surface area contributed by atoms with Crippen LogP contribution in [0.3, 0.4) is 0 Å². The van der Waals surface area contributed by atoms with Crippen molar-refractivity contribution in [2.75, 3.05) is 6.61 Å². The van der Waals surface area contributed by atoms with Gasteiger partial charge >= 0.3 is 0 Å². The Balaban J connectivity index is 1.64. The zero-order chi connectivity index (χ0) is 19.9. The summed E-state index contributed by atoms with van der Waals surface area (Å²) in [4.78, 5) is 0. The molecular formula is C22H21ClN2O3. The maximum atomic E-state index is 5.96. The predicted molar refractivity (Wildman–Crippen MR) is 112 cm³/mol. The van der Waals surface area contributed by atoms with E-state index in [-0.39, 0.29) is 0 Å². The molecule has 0 fully saturated rings. The van der Waals surface area contributed by atoms with Crippen molar-refractivity contribution in [2.24, 2.45) is 7.05 Å². The molecule has 0 unspecified atom stereocenters. The lowest BCUT2D eigenvalue weighted by Gasteiger charge is -2.10. The Morgan fingerprint density at radius 3 is 2.04 bits per heavy atom. The Morgan fingerprint density at radius 1 is 0.964 bits per heavy atom. The first kappa shape index (κ1) is 19.6. The van der Waals surface area contributed by atoms with Crippen molar-refractivity contribution in [3.05, 3.63) is 78.0 Å². The number of ether oxygens (including phenoxy) is 3. The van der Waals surface area contributed by atoms with Gasteiger partial charge in [-0.15, -0.1) is 0 Å². The standard InChI is InChI=1S/C22H21ClN2O3/c1-4-21-16(2)24-25(3)22(21)28-20-12-10-19(11-13-20)27-18-8-6-17(7-9-18)26-15-5-14-23/h4-14H,1,15H2,2-3H3. The summed E-state index contributed by atoms with van der Waals surface area (Å²) < 4.78 is 19.0. The molecule has 6 heteroatoms. The third kappa shape index (κ3) is 4.75. The molecule has 0 spiro atoms. The quantitative estimate of drug-likeness (QED) is 0.462. The molecule has 0 N–H and O–H groups in total. The van der Waals surface area contributed by atoms with Crippen LogP contribution < -0.4 is 14.2 Å². The Bertz CT molecular complexity index is 961. The van der Waals surface area contributed by atoms with Gasteiger partial charge in [-0.2, -0.15) is 5.10 Å². The van der Waals surface area contributed by atoms with Crippen molar-refractivity contribution in [3.8, 4) is 28.9 Å². The molecule has 0 atom stereocenters. The van der Waals surface area contributed by atoms with E-state index in [1.165, 1.54) is 5.54 Å². The molecule has 3 rings (SSSR count). The Kier molecular flexibility index (Phi) is 6.40. The van der Waals surface area contributed by atoms with Crippen molar-refractivity contribution >= 4 is 17.7 Å². The van der Waals surface area contributed by atoms with Crippen LogP contribution in [0.5, 0.6) is 28.9 Å². The lowest BCUT2D eigenvalue weighted by atomic mass is 10.2. The highest BCUT2D eigenvalue weighted by molar-refractivity contribution is 6.25. The van der Waals surface area contributed by atoms with Gasteiger partial charge in [-0.25, -0.2) is 4.68 Å². The zero-order valence-corrected chi connectivity index (χ0v) is 16.5. The molecule has 0 bridgehead atoms. The highest BCUT2D eigenvalue weighted by Gasteiger charge is 2.12. The molecule has 1 aromatic heterocycles. The van der Waals surface area contributed by atoms with E-state index in [0.29, 0.717) is 29.7 Å². The molecule has 1 heterocycles. The minimum atomic E-state index is 0.426. The van der Waals surface area contributed by atoms with E-state index in [4.69, 9.17) is 25.8 Å². The number of hydrogen-bond acceptors (Lipinski definition) is 4. The number of aryl methyl sites for hydroxylation is 2. The fourth-order valence-electron chi connectivity index (χ4n) is 2.62. The van der Waals surface area contributed by atoms with Crippen LogP contribution in [0.2, 0.25) is 0 Å². The highest BCUT2D eigenvalue weighted by atomic mass is 35.5. The van der Waals surface area contributed by atoms with E-state index < -0.39 is 0 Å². The SMILES string of the molecule is C=Cc1c(C)nn(C)c1Oc1ccc(Oc2ccc(OCC=CCl)cc2)cc1. The molecule has 144 valence electrons. The third-order valence-electron chi connectivity index (χ3n) is 3.95. The van der Waals surface area contributed by atoms with Gasteiger partial charge in [0.05, 0.1) is 11.3 Å². The largest absolute Gasteiger partial charge is 0.489 e. The summed E-state index contributed by atoms with van der Waals surface area (Å²) in [5.41, 5.74) is 3.18. The second-order valence-corrected chi connectivity index (χ2v) is 6.20. The Labute approximate surface area is 169 Å². The Morgan fingerprint density at radius 2 is 1.50 bits per heavy atom. The second kappa shape index (κ2) is 9.15. The van der Waals surface area contributed by atoms with Gasteiger partial charge in [0.25, 0.3) is 0 Å². The molecule has 0 amide bonds. The molecule has 0 radical (unpaired) electrons. The van der Waals surface area contributed by atoms with Crippen LogP contribution in [-0.4, -0.2) is 16.4 Å². The number of nitrogens with zero attached hydrogens (tertiary/aromatic N) is 2. The van der Waals surface area contributed by atoms with Gasteiger partial charge in [-0.1, -0.05) is 24.3 Å². The molecule has 0 saturated heterocycles. The molecule has 3 aromatic rings. The van der Waals surface area contributed by atoms with Crippen LogP contribution in [0.25, 0.3) is 6.08 Å².